The van der Waals surface area contributed by atoms with E-state index in [1.807, 2.05) is 0 Å². The predicted molar refractivity (Wildman–Crippen MR) is 122 cm³/mol. The van der Waals surface area contributed by atoms with Gasteiger partial charge < -0.3 is 14.8 Å². The van der Waals surface area contributed by atoms with Crippen LogP contribution in [-0.4, -0.2) is 39.2 Å². The van der Waals surface area contributed by atoms with Gasteiger partial charge >= 0.3 is 12.2 Å². The van der Waals surface area contributed by atoms with E-state index in [0.29, 0.717) is 22.6 Å². The lowest BCUT2D eigenvalue weighted by Gasteiger charge is -2.22. The lowest BCUT2D eigenvalue weighted by atomic mass is 10.1. The first-order valence-corrected chi connectivity index (χ1v) is 10.5. The van der Waals surface area contributed by atoms with E-state index in [1.165, 1.54) is 4.57 Å². The van der Waals surface area contributed by atoms with E-state index < -0.39 is 23.4 Å². The number of ether oxygens (including phenoxy) is 2. The lowest BCUT2D eigenvalue weighted by molar-refractivity contribution is 0.0498. The maximum atomic E-state index is 13.3. The Morgan fingerprint density at radius 1 is 1.09 bits per heavy atom. The maximum Gasteiger partial charge on any atom is 0.419 e. The SMILES string of the molecule is CC(C)(C)OC(=O)NCc1c(C=O)c2ccc3cnc(Cl)cc3c2n1C(=O)OC(C)(C)C. The molecule has 0 fully saturated rings. The molecule has 8 nitrogen and oxygen atoms in total. The third-order valence-corrected chi connectivity index (χ3v) is 4.64. The first-order chi connectivity index (χ1) is 14.8. The van der Waals surface area contributed by atoms with Crippen molar-refractivity contribution in [3.8, 4) is 0 Å². The van der Waals surface area contributed by atoms with Crippen molar-refractivity contribution < 1.29 is 23.9 Å². The zero-order chi connectivity index (χ0) is 23.8. The predicted octanol–water partition coefficient (Wildman–Crippen LogP) is 5.46. The number of carbonyl (C=O) groups excluding carboxylic acids is 3. The second kappa shape index (κ2) is 8.43. The Morgan fingerprint density at radius 2 is 1.75 bits per heavy atom. The Bertz CT molecular complexity index is 1220. The van der Waals surface area contributed by atoms with E-state index in [1.54, 1.807) is 65.9 Å². The van der Waals surface area contributed by atoms with Crippen LogP contribution in [0.2, 0.25) is 5.15 Å². The average Bonchev–Trinajstić information content (AvgIpc) is 2.97. The molecule has 0 bridgehead atoms. The number of fused-ring (bicyclic) bond motifs is 3. The first-order valence-electron chi connectivity index (χ1n) is 10.1. The summed E-state index contributed by atoms with van der Waals surface area (Å²) in [5.74, 6) is 0. The third kappa shape index (κ3) is 5.02. The molecular weight excluding hydrogens is 434 g/mol. The van der Waals surface area contributed by atoms with E-state index in [-0.39, 0.29) is 23.0 Å². The van der Waals surface area contributed by atoms with Crippen molar-refractivity contribution in [3.63, 3.8) is 0 Å². The minimum absolute atomic E-state index is 0.128. The first kappa shape index (κ1) is 23.5. The Balaban J connectivity index is 2.24. The molecule has 170 valence electrons. The fourth-order valence-corrected chi connectivity index (χ4v) is 3.49. The molecule has 2 heterocycles. The Hall–Kier alpha value is -3.13. The summed E-state index contributed by atoms with van der Waals surface area (Å²) >= 11 is 6.12. The average molecular weight is 460 g/mol. The molecule has 0 saturated heterocycles. The van der Waals surface area contributed by atoms with Gasteiger partial charge in [0.05, 0.1) is 17.8 Å². The number of pyridine rings is 1. The quantitative estimate of drug-likeness (QED) is 0.412. The van der Waals surface area contributed by atoms with Crippen LogP contribution in [0, 0.1) is 0 Å². The highest BCUT2D eigenvalue weighted by Crippen LogP contribution is 2.33. The molecule has 2 aromatic heterocycles. The van der Waals surface area contributed by atoms with Gasteiger partial charge in [0.25, 0.3) is 0 Å². The highest BCUT2D eigenvalue weighted by atomic mass is 35.5. The van der Waals surface area contributed by atoms with Crippen LogP contribution in [-0.2, 0) is 16.0 Å². The van der Waals surface area contributed by atoms with E-state index >= 15 is 0 Å². The van der Waals surface area contributed by atoms with Crippen molar-refractivity contribution in [1.29, 1.82) is 0 Å². The molecule has 9 heteroatoms. The van der Waals surface area contributed by atoms with Gasteiger partial charge in [-0.15, -0.1) is 0 Å². The van der Waals surface area contributed by atoms with Gasteiger partial charge in [-0.1, -0.05) is 23.7 Å². The summed E-state index contributed by atoms with van der Waals surface area (Å²) < 4.78 is 12.2. The number of aldehydes is 1. The van der Waals surface area contributed by atoms with Crippen LogP contribution in [0.1, 0.15) is 57.6 Å². The lowest BCUT2D eigenvalue weighted by Crippen LogP contribution is -2.34. The smallest absolute Gasteiger partial charge is 0.419 e. The molecule has 0 unspecified atom stereocenters. The van der Waals surface area contributed by atoms with E-state index in [9.17, 15) is 14.4 Å². The Morgan fingerprint density at radius 3 is 2.34 bits per heavy atom. The molecule has 0 radical (unpaired) electrons. The molecule has 0 spiro atoms. The monoisotopic (exact) mass is 459 g/mol. The molecule has 0 atom stereocenters. The number of carbonyl (C=O) groups is 3. The second-order valence-electron chi connectivity index (χ2n) is 9.34. The fourth-order valence-electron chi connectivity index (χ4n) is 3.33. The maximum absolute atomic E-state index is 13.3. The molecule has 1 N–H and O–H groups in total. The van der Waals surface area contributed by atoms with Crippen LogP contribution in [0.3, 0.4) is 0 Å². The van der Waals surface area contributed by atoms with E-state index in [2.05, 4.69) is 10.3 Å². The zero-order valence-corrected chi connectivity index (χ0v) is 19.7. The number of nitrogens with one attached hydrogen (secondary N) is 1. The van der Waals surface area contributed by atoms with Crippen molar-refractivity contribution in [2.75, 3.05) is 0 Å². The molecule has 1 aromatic carbocycles. The normalized spacial score (nSPS) is 12.1. The molecular formula is C23H26ClN3O5. The molecule has 0 aliphatic rings. The van der Waals surface area contributed by atoms with Gasteiger partial charge in [-0.05, 0) is 47.6 Å². The minimum atomic E-state index is -0.783. The Labute approximate surface area is 190 Å². The summed E-state index contributed by atoms with van der Waals surface area (Å²) in [4.78, 5) is 41.7. The molecule has 0 saturated carbocycles. The van der Waals surface area contributed by atoms with Crippen molar-refractivity contribution in [2.24, 2.45) is 0 Å². The number of aromatic nitrogens is 2. The van der Waals surface area contributed by atoms with E-state index in [4.69, 9.17) is 21.1 Å². The van der Waals surface area contributed by atoms with Crippen molar-refractivity contribution >= 4 is 51.7 Å². The summed E-state index contributed by atoms with van der Waals surface area (Å²) in [7, 11) is 0. The van der Waals surface area contributed by atoms with Crippen LogP contribution < -0.4 is 5.32 Å². The molecule has 32 heavy (non-hydrogen) atoms. The largest absolute Gasteiger partial charge is 0.444 e. The van der Waals surface area contributed by atoms with Crippen molar-refractivity contribution in [3.05, 3.63) is 40.8 Å². The number of halogens is 1. The number of hydrogen-bond donors (Lipinski definition) is 1. The van der Waals surface area contributed by atoms with Gasteiger partial charge in [0, 0.05) is 27.9 Å². The molecule has 0 aliphatic heterocycles. The topological polar surface area (TPSA) is 99.5 Å². The number of alkyl carbamates (subject to hydrolysis) is 1. The van der Waals surface area contributed by atoms with Gasteiger partial charge in [-0.3, -0.25) is 4.79 Å². The molecule has 1 amide bonds. The van der Waals surface area contributed by atoms with Crippen molar-refractivity contribution in [1.82, 2.24) is 14.9 Å². The van der Waals surface area contributed by atoms with Gasteiger partial charge in [0.15, 0.2) is 6.29 Å². The molecule has 3 rings (SSSR count). The van der Waals surface area contributed by atoms with Crippen LogP contribution in [0.15, 0.2) is 24.4 Å². The van der Waals surface area contributed by atoms with Crippen LogP contribution in [0.4, 0.5) is 9.59 Å². The molecule has 3 aromatic rings. The summed E-state index contributed by atoms with van der Waals surface area (Å²) in [6.07, 6.45) is 0.886. The van der Waals surface area contributed by atoms with Crippen LogP contribution in [0.25, 0.3) is 21.7 Å². The summed E-state index contributed by atoms with van der Waals surface area (Å²) in [6, 6.07) is 5.15. The number of rotatable bonds is 3. The summed E-state index contributed by atoms with van der Waals surface area (Å²) in [6.45, 7) is 10.3. The van der Waals surface area contributed by atoms with Gasteiger partial charge in [0.2, 0.25) is 0 Å². The van der Waals surface area contributed by atoms with E-state index in [0.717, 1.165) is 5.39 Å². The minimum Gasteiger partial charge on any atom is -0.444 e. The second-order valence-corrected chi connectivity index (χ2v) is 9.73. The summed E-state index contributed by atoms with van der Waals surface area (Å²) in [5, 5.41) is 4.74. The number of nitrogens with zero attached hydrogens (tertiary/aromatic N) is 2. The highest BCUT2D eigenvalue weighted by molar-refractivity contribution is 6.30. The standard InChI is InChI=1S/C23H26ClN3O5/c1-22(2,3)31-20(29)26-11-17-16(12-28)14-8-7-13-10-25-18(24)9-15(13)19(14)27(17)21(30)32-23(4,5)6/h7-10,12H,11H2,1-6H3,(H,26,29). The van der Waals surface area contributed by atoms with Gasteiger partial charge in [0.1, 0.15) is 16.4 Å². The van der Waals surface area contributed by atoms with Crippen molar-refractivity contribution in [2.45, 2.75) is 59.3 Å². The summed E-state index contributed by atoms with van der Waals surface area (Å²) in [5.41, 5.74) is -0.499. The number of amides is 1. The van der Waals surface area contributed by atoms with Gasteiger partial charge in [-0.2, -0.15) is 0 Å². The van der Waals surface area contributed by atoms with Crippen LogP contribution in [0.5, 0.6) is 0 Å². The molecule has 0 aliphatic carbocycles. The zero-order valence-electron chi connectivity index (χ0n) is 18.9. The number of hydrogen-bond acceptors (Lipinski definition) is 6. The number of benzene rings is 1. The highest BCUT2D eigenvalue weighted by Gasteiger charge is 2.27. The Kier molecular flexibility index (Phi) is 6.20. The fraction of sp³-hybridized carbons (Fsp3) is 0.391. The van der Waals surface area contributed by atoms with Crippen LogP contribution >= 0.6 is 11.6 Å². The van der Waals surface area contributed by atoms with Gasteiger partial charge in [-0.25, -0.2) is 19.1 Å². The third-order valence-electron chi connectivity index (χ3n) is 4.43.